The Morgan fingerprint density at radius 3 is 2.13 bits per heavy atom. The van der Waals surface area contributed by atoms with E-state index in [0.29, 0.717) is 11.4 Å². The van der Waals surface area contributed by atoms with E-state index >= 15 is 0 Å². The maximum atomic E-state index is 12.6. The highest BCUT2D eigenvalue weighted by Crippen LogP contribution is 2.60. The van der Waals surface area contributed by atoms with Crippen LogP contribution in [0.1, 0.15) is 66.3 Å². The topological polar surface area (TPSA) is 117 Å². The van der Waals surface area contributed by atoms with E-state index in [9.17, 15) is 19.5 Å². The Kier molecular flexibility index (Phi) is 6.08. The van der Waals surface area contributed by atoms with Gasteiger partial charge in [-0.1, -0.05) is 29.8 Å². The zero-order chi connectivity index (χ0) is 27.5. The molecule has 0 unspecified atom stereocenters. The van der Waals surface area contributed by atoms with Gasteiger partial charge >= 0.3 is 11.7 Å². The second-order valence-electron chi connectivity index (χ2n) is 12.0. The number of aryl methyl sites for hydroxylation is 3. The van der Waals surface area contributed by atoms with E-state index < -0.39 is 23.2 Å². The van der Waals surface area contributed by atoms with Gasteiger partial charge < -0.3 is 10.4 Å². The maximum absolute atomic E-state index is 12.6. The Hall–Kier alpha value is -3.94. The number of hydrogen-bond acceptors (Lipinski definition) is 4. The summed E-state index contributed by atoms with van der Waals surface area (Å²) in [5, 5.41) is 13.6. The molecule has 0 atom stereocenters. The molecule has 8 heteroatoms. The average molecular weight is 527 g/mol. The number of hydrogen-bond donors (Lipinski definition) is 3. The second kappa shape index (κ2) is 9.36. The number of amides is 2. The molecule has 0 radical (unpaired) electrons. The summed E-state index contributed by atoms with van der Waals surface area (Å²) in [5.74, 6) is 2.00. The van der Waals surface area contributed by atoms with Gasteiger partial charge in [0.2, 0.25) is 5.88 Å². The number of aromatic nitrogens is 2. The van der Waals surface area contributed by atoms with Crippen LogP contribution < -0.4 is 16.6 Å². The van der Waals surface area contributed by atoms with Gasteiger partial charge in [-0.3, -0.25) is 9.78 Å². The number of benzene rings is 2. The highest BCUT2D eigenvalue weighted by molar-refractivity contribution is 5.98. The van der Waals surface area contributed by atoms with Crippen LogP contribution in [0.15, 0.2) is 51.0 Å². The van der Waals surface area contributed by atoms with Crippen molar-refractivity contribution in [3.8, 4) is 11.6 Å². The second-order valence-corrected chi connectivity index (χ2v) is 12.0. The number of H-pyrrole nitrogens is 1. The van der Waals surface area contributed by atoms with Gasteiger partial charge in [0.25, 0.3) is 5.56 Å². The Balaban J connectivity index is 1.21. The number of rotatable bonds is 4. The van der Waals surface area contributed by atoms with Gasteiger partial charge in [-0.15, -0.1) is 0 Å². The smallest absolute Gasteiger partial charge is 0.345 e. The quantitative estimate of drug-likeness (QED) is 0.401. The third kappa shape index (κ3) is 4.51. The molecule has 4 aliphatic rings. The third-order valence-corrected chi connectivity index (χ3v) is 9.08. The Bertz CT molecular complexity index is 1550. The molecule has 2 aromatic carbocycles. The van der Waals surface area contributed by atoms with E-state index in [-0.39, 0.29) is 11.0 Å². The number of aromatic amines is 1. The first-order valence-corrected chi connectivity index (χ1v) is 13.7. The SMILES string of the molecule is Cc1cc(C)c(-n2c(O)c(C=NC(=O)Nc3ccc(C45CC6CC(CC(C6)C4)C5)cc3)c(=O)[nH]c2=O)c(C)c1. The molecule has 7 rings (SSSR count). The molecule has 0 spiro atoms. The van der Waals surface area contributed by atoms with Crippen LogP contribution >= 0.6 is 0 Å². The monoisotopic (exact) mass is 526 g/mol. The van der Waals surface area contributed by atoms with Crippen LogP contribution in [0.3, 0.4) is 0 Å². The Morgan fingerprint density at radius 2 is 1.56 bits per heavy atom. The van der Waals surface area contributed by atoms with Gasteiger partial charge in [0, 0.05) is 5.69 Å². The highest BCUT2D eigenvalue weighted by atomic mass is 16.3. The van der Waals surface area contributed by atoms with Crippen molar-refractivity contribution in [1.82, 2.24) is 9.55 Å². The summed E-state index contributed by atoms with van der Waals surface area (Å²) < 4.78 is 1.04. The van der Waals surface area contributed by atoms with Crippen molar-refractivity contribution < 1.29 is 9.90 Å². The van der Waals surface area contributed by atoms with Crippen LogP contribution in [0.2, 0.25) is 0 Å². The number of carbonyl (C=O) groups is 1. The summed E-state index contributed by atoms with van der Waals surface area (Å²) in [6.45, 7) is 5.58. The van der Waals surface area contributed by atoms with Gasteiger partial charge in [-0.25, -0.2) is 19.1 Å². The first-order chi connectivity index (χ1) is 18.6. The largest absolute Gasteiger partial charge is 0.493 e. The Morgan fingerprint density at radius 1 is 1.00 bits per heavy atom. The van der Waals surface area contributed by atoms with Crippen molar-refractivity contribution in [1.29, 1.82) is 0 Å². The number of aliphatic imine (C=N–C) groups is 1. The van der Waals surface area contributed by atoms with E-state index in [1.807, 2.05) is 45.0 Å². The molecule has 8 nitrogen and oxygen atoms in total. The summed E-state index contributed by atoms with van der Waals surface area (Å²) in [6, 6.07) is 11.2. The lowest BCUT2D eigenvalue weighted by atomic mass is 9.48. The van der Waals surface area contributed by atoms with E-state index in [1.54, 1.807) is 0 Å². The molecule has 0 saturated heterocycles. The van der Waals surface area contributed by atoms with Gasteiger partial charge in [0.05, 0.1) is 11.9 Å². The molecule has 3 aromatic rings. The minimum absolute atomic E-state index is 0.277. The molecule has 4 bridgehead atoms. The van der Waals surface area contributed by atoms with Crippen LogP contribution in [-0.4, -0.2) is 26.9 Å². The zero-order valence-corrected chi connectivity index (χ0v) is 22.6. The molecule has 1 heterocycles. The fourth-order valence-corrected chi connectivity index (χ4v) is 8.04. The van der Waals surface area contributed by atoms with Gasteiger partial charge in [0.15, 0.2) is 0 Å². The molecule has 4 fully saturated rings. The van der Waals surface area contributed by atoms with E-state index in [1.165, 1.54) is 44.1 Å². The summed E-state index contributed by atoms with van der Waals surface area (Å²) in [6.07, 6.45) is 9.00. The summed E-state index contributed by atoms with van der Waals surface area (Å²) in [7, 11) is 0. The van der Waals surface area contributed by atoms with Crippen LogP contribution in [0.25, 0.3) is 5.69 Å². The van der Waals surface area contributed by atoms with Gasteiger partial charge in [-0.2, -0.15) is 0 Å². The van der Waals surface area contributed by atoms with Crippen molar-refractivity contribution >= 4 is 17.9 Å². The average Bonchev–Trinajstić information content (AvgIpc) is 2.85. The summed E-state index contributed by atoms with van der Waals surface area (Å²) in [5.41, 5.74) is 3.38. The van der Waals surface area contributed by atoms with Crippen molar-refractivity contribution in [2.75, 3.05) is 5.32 Å². The number of anilines is 1. The number of nitrogens with one attached hydrogen (secondary N) is 2. The Labute approximate surface area is 226 Å². The molecule has 2 amide bonds. The zero-order valence-electron chi connectivity index (χ0n) is 22.6. The highest BCUT2D eigenvalue weighted by Gasteiger charge is 2.51. The molecular weight excluding hydrogens is 492 g/mol. The molecule has 3 N–H and O–H groups in total. The molecular formula is C31H34N4O4. The number of carbonyl (C=O) groups excluding carboxylic acids is 1. The van der Waals surface area contributed by atoms with Gasteiger partial charge in [0.1, 0.15) is 5.56 Å². The van der Waals surface area contributed by atoms with Crippen LogP contribution in [0.4, 0.5) is 10.5 Å². The first-order valence-electron chi connectivity index (χ1n) is 13.7. The normalized spacial score (nSPS) is 25.4. The van der Waals surface area contributed by atoms with Crippen molar-refractivity contribution in [2.45, 2.75) is 64.7 Å². The van der Waals surface area contributed by atoms with Crippen molar-refractivity contribution in [2.24, 2.45) is 22.7 Å². The summed E-state index contributed by atoms with van der Waals surface area (Å²) >= 11 is 0. The van der Waals surface area contributed by atoms with Crippen LogP contribution in [0.5, 0.6) is 5.88 Å². The molecule has 0 aliphatic heterocycles. The number of nitrogens with zero attached hydrogens (tertiary/aromatic N) is 2. The first kappa shape index (κ1) is 25.3. The minimum atomic E-state index is -0.826. The lowest BCUT2D eigenvalue weighted by molar-refractivity contribution is -0.00518. The minimum Gasteiger partial charge on any atom is -0.493 e. The predicted molar refractivity (Wildman–Crippen MR) is 151 cm³/mol. The summed E-state index contributed by atoms with van der Waals surface area (Å²) in [4.78, 5) is 43.8. The van der Waals surface area contributed by atoms with Crippen molar-refractivity contribution in [3.63, 3.8) is 0 Å². The molecule has 1 aromatic heterocycles. The maximum Gasteiger partial charge on any atom is 0.345 e. The lowest BCUT2D eigenvalue weighted by Crippen LogP contribution is -2.48. The number of urea groups is 1. The lowest BCUT2D eigenvalue weighted by Gasteiger charge is -2.57. The standard InChI is InChI=1S/C31H34N4O4/c1-17-8-18(2)26(19(3)9-17)35-28(37)25(27(36)34-30(35)39)16-32-29(38)33-24-6-4-23(5-7-24)31-13-20-10-21(14-31)12-22(11-20)15-31/h4-9,16,20-22,37H,10-15H2,1-3H3,(H,33,38)(H,34,36,39). The van der Waals surface area contributed by atoms with Crippen molar-refractivity contribution in [3.05, 3.63) is 85.1 Å². The van der Waals surface area contributed by atoms with E-state index in [4.69, 9.17) is 0 Å². The molecule has 4 saturated carbocycles. The number of aromatic hydroxyl groups is 1. The van der Waals surface area contributed by atoms with E-state index in [0.717, 1.165) is 45.2 Å². The van der Waals surface area contributed by atoms with Gasteiger partial charge in [-0.05, 0) is 111 Å². The predicted octanol–water partition coefficient (Wildman–Crippen LogP) is 5.28. The molecule has 202 valence electrons. The molecule has 4 aliphatic carbocycles. The molecule has 39 heavy (non-hydrogen) atoms. The fraction of sp³-hybridized carbons (Fsp3) is 0.419. The van der Waals surface area contributed by atoms with E-state index in [2.05, 4.69) is 27.4 Å². The van der Waals surface area contributed by atoms with Crippen LogP contribution in [0, 0.1) is 38.5 Å². The fourth-order valence-electron chi connectivity index (χ4n) is 8.04. The van der Waals surface area contributed by atoms with Crippen LogP contribution in [-0.2, 0) is 5.41 Å². The third-order valence-electron chi connectivity index (χ3n) is 9.08.